The third kappa shape index (κ3) is 5.78. The molecule has 0 saturated carbocycles. The van der Waals surface area contributed by atoms with Crippen LogP contribution < -0.4 is 5.32 Å². The van der Waals surface area contributed by atoms with Crippen LogP contribution in [-0.4, -0.2) is 19.1 Å². The Morgan fingerprint density at radius 1 is 1.09 bits per heavy atom. The lowest BCUT2D eigenvalue weighted by molar-refractivity contribution is -0.121. The smallest absolute Gasteiger partial charge is 0.220 e. The number of carbonyl (C=O) groups excluding carboxylic acids is 1. The molecule has 22 heavy (non-hydrogen) atoms. The van der Waals surface area contributed by atoms with Gasteiger partial charge >= 0.3 is 0 Å². The van der Waals surface area contributed by atoms with E-state index in [9.17, 15) is 4.79 Å². The largest absolute Gasteiger partial charge is 0.352 e. The highest BCUT2D eigenvalue weighted by molar-refractivity contribution is 5.75. The molecule has 122 valence electrons. The molecule has 0 radical (unpaired) electrons. The van der Waals surface area contributed by atoms with Gasteiger partial charge in [-0.1, -0.05) is 56.9 Å². The Labute approximate surface area is 133 Å². The minimum absolute atomic E-state index is 0.142. The first-order chi connectivity index (χ1) is 10.8. The molecular formula is C18H27NO3. The van der Waals surface area contributed by atoms with E-state index < -0.39 is 0 Å². The summed E-state index contributed by atoms with van der Waals surface area (Å²) in [7, 11) is 0. The van der Waals surface area contributed by atoms with Crippen LogP contribution in [0, 0.1) is 0 Å². The lowest BCUT2D eigenvalue weighted by Gasteiger charge is -2.10. The molecule has 0 spiro atoms. The Hall–Kier alpha value is -1.39. The second-order valence-corrected chi connectivity index (χ2v) is 5.76. The third-order valence-corrected chi connectivity index (χ3v) is 3.87. The number of unbranched alkanes of at least 4 members (excludes halogenated alkanes) is 4. The Balaban J connectivity index is 1.64. The van der Waals surface area contributed by atoms with Gasteiger partial charge in [0.25, 0.3) is 0 Å². The molecule has 1 heterocycles. The first kappa shape index (κ1) is 17.0. The van der Waals surface area contributed by atoms with Crippen LogP contribution >= 0.6 is 0 Å². The summed E-state index contributed by atoms with van der Waals surface area (Å²) in [4.78, 5) is 11.8. The SMILES string of the molecule is CCCCCCCC(=O)NCc1ccc(C2OCCO2)cc1. The Morgan fingerprint density at radius 2 is 1.77 bits per heavy atom. The van der Waals surface area contributed by atoms with Crippen molar-refractivity contribution in [2.24, 2.45) is 0 Å². The molecule has 0 aliphatic carbocycles. The lowest BCUT2D eigenvalue weighted by Crippen LogP contribution is -2.22. The summed E-state index contributed by atoms with van der Waals surface area (Å²) in [5.41, 5.74) is 2.13. The van der Waals surface area contributed by atoms with Crippen LogP contribution in [0.2, 0.25) is 0 Å². The molecule has 0 unspecified atom stereocenters. The van der Waals surface area contributed by atoms with Crippen LogP contribution in [0.15, 0.2) is 24.3 Å². The zero-order valence-corrected chi connectivity index (χ0v) is 13.5. The second-order valence-electron chi connectivity index (χ2n) is 5.76. The second kappa shape index (κ2) is 9.59. The van der Waals surface area contributed by atoms with Gasteiger partial charge in [-0.15, -0.1) is 0 Å². The highest BCUT2D eigenvalue weighted by atomic mass is 16.7. The minimum Gasteiger partial charge on any atom is -0.352 e. The molecule has 1 aliphatic heterocycles. The maximum atomic E-state index is 11.8. The van der Waals surface area contributed by atoms with Gasteiger partial charge in [-0.2, -0.15) is 0 Å². The summed E-state index contributed by atoms with van der Waals surface area (Å²) in [6.45, 7) is 4.09. The molecular weight excluding hydrogens is 278 g/mol. The highest BCUT2D eigenvalue weighted by Crippen LogP contribution is 2.23. The zero-order valence-electron chi connectivity index (χ0n) is 13.5. The first-order valence-corrected chi connectivity index (χ1v) is 8.38. The van der Waals surface area contributed by atoms with Gasteiger partial charge in [0.2, 0.25) is 5.91 Å². The maximum Gasteiger partial charge on any atom is 0.220 e. The standard InChI is InChI=1S/C18H27NO3/c1-2-3-4-5-6-7-17(20)19-14-15-8-10-16(11-9-15)18-21-12-13-22-18/h8-11,18H,2-7,12-14H2,1H3,(H,19,20). The Kier molecular flexibility index (Phi) is 7.40. The summed E-state index contributed by atoms with van der Waals surface area (Å²) in [5, 5.41) is 2.98. The number of hydrogen-bond donors (Lipinski definition) is 1. The maximum absolute atomic E-state index is 11.8. The molecule has 1 N–H and O–H groups in total. The van der Waals surface area contributed by atoms with Crippen molar-refractivity contribution in [2.75, 3.05) is 13.2 Å². The molecule has 2 rings (SSSR count). The van der Waals surface area contributed by atoms with E-state index in [1.807, 2.05) is 24.3 Å². The Bertz CT molecular complexity index is 438. The van der Waals surface area contributed by atoms with Gasteiger partial charge in [0, 0.05) is 18.5 Å². The minimum atomic E-state index is -0.230. The molecule has 0 aromatic heterocycles. The van der Waals surface area contributed by atoms with E-state index in [0.29, 0.717) is 26.2 Å². The van der Waals surface area contributed by atoms with E-state index in [4.69, 9.17) is 9.47 Å². The number of hydrogen-bond acceptors (Lipinski definition) is 3. The van der Waals surface area contributed by atoms with E-state index in [1.165, 1.54) is 19.3 Å². The summed E-state index contributed by atoms with van der Waals surface area (Å²) in [6.07, 6.45) is 6.27. The topological polar surface area (TPSA) is 47.6 Å². The van der Waals surface area contributed by atoms with Crippen LogP contribution in [0.5, 0.6) is 0 Å². The van der Waals surface area contributed by atoms with Gasteiger partial charge in [0.1, 0.15) is 0 Å². The number of benzene rings is 1. The summed E-state index contributed by atoms with van der Waals surface area (Å²) >= 11 is 0. The number of carbonyl (C=O) groups is 1. The van der Waals surface area contributed by atoms with E-state index in [-0.39, 0.29) is 12.2 Å². The molecule has 1 amide bonds. The van der Waals surface area contributed by atoms with Gasteiger partial charge in [0.15, 0.2) is 6.29 Å². The number of nitrogens with one attached hydrogen (secondary N) is 1. The van der Waals surface area contributed by atoms with Crippen LogP contribution in [0.1, 0.15) is 62.9 Å². The van der Waals surface area contributed by atoms with Gasteiger partial charge in [-0.3, -0.25) is 4.79 Å². The number of rotatable bonds is 9. The van der Waals surface area contributed by atoms with Crippen molar-refractivity contribution in [1.29, 1.82) is 0 Å². The Morgan fingerprint density at radius 3 is 2.45 bits per heavy atom. The lowest BCUT2D eigenvalue weighted by atomic mass is 10.1. The molecule has 1 fully saturated rings. The molecule has 1 aromatic carbocycles. The fourth-order valence-corrected chi connectivity index (χ4v) is 2.52. The van der Waals surface area contributed by atoms with Crippen molar-refractivity contribution in [1.82, 2.24) is 5.32 Å². The average Bonchev–Trinajstić information content (AvgIpc) is 3.08. The predicted molar refractivity (Wildman–Crippen MR) is 86.3 cm³/mol. The summed E-state index contributed by atoms with van der Waals surface area (Å²) < 4.78 is 10.9. The van der Waals surface area contributed by atoms with Crippen LogP contribution in [0.25, 0.3) is 0 Å². The van der Waals surface area contributed by atoms with Gasteiger partial charge < -0.3 is 14.8 Å². The first-order valence-electron chi connectivity index (χ1n) is 8.38. The fraction of sp³-hybridized carbons (Fsp3) is 0.611. The van der Waals surface area contributed by atoms with Crippen molar-refractivity contribution < 1.29 is 14.3 Å². The van der Waals surface area contributed by atoms with E-state index in [2.05, 4.69) is 12.2 Å². The molecule has 0 bridgehead atoms. The van der Waals surface area contributed by atoms with Crippen LogP contribution in [-0.2, 0) is 20.8 Å². The monoisotopic (exact) mass is 305 g/mol. The van der Waals surface area contributed by atoms with Gasteiger partial charge in [0.05, 0.1) is 13.2 Å². The van der Waals surface area contributed by atoms with Gasteiger partial charge in [-0.25, -0.2) is 0 Å². The van der Waals surface area contributed by atoms with E-state index >= 15 is 0 Å². The molecule has 1 aromatic rings. The van der Waals surface area contributed by atoms with Crippen LogP contribution in [0.4, 0.5) is 0 Å². The van der Waals surface area contributed by atoms with Crippen molar-refractivity contribution >= 4 is 5.91 Å². The molecule has 1 aliphatic rings. The van der Waals surface area contributed by atoms with Crippen LogP contribution in [0.3, 0.4) is 0 Å². The third-order valence-electron chi connectivity index (χ3n) is 3.87. The number of amides is 1. The van der Waals surface area contributed by atoms with Crippen molar-refractivity contribution in [3.05, 3.63) is 35.4 Å². The van der Waals surface area contributed by atoms with E-state index in [1.54, 1.807) is 0 Å². The molecule has 1 saturated heterocycles. The molecule has 4 nitrogen and oxygen atoms in total. The fourth-order valence-electron chi connectivity index (χ4n) is 2.52. The normalized spacial score (nSPS) is 15.1. The number of ether oxygens (including phenoxy) is 2. The summed E-state index contributed by atoms with van der Waals surface area (Å²) in [5.74, 6) is 0.142. The highest BCUT2D eigenvalue weighted by Gasteiger charge is 2.17. The van der Waals surface area contributed by atoms with Gasteiger partial charge in [-0.05, 0) is 12.0 Å². The summed E-state index contributed by atoms with van der Waals surface area (Å²) in [6, 6.07) is 8.04. The average molecular weight is 305 g/mol. The zero-order chi connectivity index (χ0) is 15.6. The molecule has 4 heteroatoms. The van der Waals surface area contributed by atoms with Crippen molar-refractivity contribution in [3.8, 4) is 0 Å². The molecule has 0 atom stereocenters. The van der Waals surface area contributed by atoms with E-state index in [0.717, 1.165) is 24.0 Å². The quantitative estimate of drug-likeness (QED) is 0.708. The predicted octanol–water partition coefficient (Wildman–Crippen LogP) is 3.71. The van der Waals surface area contributed by atoms with Crippen molar-refractivity contribution in [2.45, 2.75) is 58.3 Å². The van der Waals surface area contributed by atoms with Crippen molar-refractivity contribution in [3.63, 3.8) is 0 Å².